The molecule has 12 heteroatoms. The summed E-state index contributed by atoms with van der Waals surface area (Å²) in [5.74, 6) is -6.17. The number of rotatable bonds is 11. The van der Waals surface area contributed by atoms with Crippen LogP contribution in [-0.4, -0.2) is 60.0 Å². The van der Waals surface area contributed by atoms with Crippen LogP contribution in [0.1, 0.15) is 32.3 Å². The molecule has 2 aliphatic rings. The standard InChI is InChI=1S/C24H30FNO9S/c1-4-16(27)32-10-34-22(30)19-18-20(19)24(26,23(31)35-11-33-17(28)5-2)14(21(18)29)9-36-13-6-7-15(25)12(3)8-13/h6-8,14,18-21,29H,4-5,9-11,26H2,1-3H3/t14-,18+,19+,20+,21-,24+/m1/s1. The second-order valence-electron chi connectivity index (χ2n) is 8.75. The smallest absolute Gasteiger partial charge is 0.329 e. The Morgan fingerprint density at radius 1 is 1.06 bits per heavy atom. The van der Waals surface area contributed by atoms with E-state index in [1.165, 1.54) is 17.8 Å². The van der Waals surface area contributed by atoms with Crippen molar-refractivity contribution in [2.75, 3.05) is 19.3 Å². The van der Waals surface area contributed by atoms with Gasteiger partial charge in [-0.1, -0.05) is 13.8 Å². The van der Waals surface area contributed by atoms with E-state index in [1.54, 1.807) is 32.9 Å². The normalized spacial score (nSPS) is 28.1. The highest BCUT2D eigenvalue weighted by Gasteiger charge is 2.78. The summed E-state index contributed by atoms with van der Waals surface area (Å²) in [5.41, 5.74) is 5.23. The second-order valence-corrected chi connectivity index (χ2v) is 9.85. The van der Waals surface area contributed by atoms with E-state index in [4.69, 9.17) is 24.7 Å². The van der Waals surface area contributed by atoms with Crippen molar-refractivity contribution in [3.05, 3.63) is 29.6 Å². The third-order valence-corrected chi connectivity index (χ3v) is 7.75. The Morgan fingerprint density at radius 3 is 2.25 bits per heavy atom. The molecule has 0 aromatic heterocycles. The molecule has 36 heavy (non-hydrogen) atoms. The molecule has 0 heterocycles. The number of esters is 4. The van der Waals surface area contributed by atoms with Crippen LogP contribution in [0.25, 0.3) is 0 Å². The summed E-state index contributed by atoms with van der Waals surface area (Å²) in [6.07, 6.45) is -0.949. The first-order valence-corrected chi connectivity index (χ1v) is 12.6. The molecule has 6 atom stereocenters. The number of nitrogens with two attached hydrogens (primary N) is 1. The average Bonchev–Trinajstić information content (AvgIpc) is 3.57. The third-order valence-electron chi connectivity index (χ3n) is 6.64. The maximum Gasteiger partial charge on any atom is 0.329 e. The summed E-state index contributed by atoms with van der Waals surface area (Å²) in [4.78, 5) is 49.1. The summed E-state index contributed by atoms with van der Waals surface area (Å²) >= 11 is 1.27. The van der Waals surface area contributed by atoms with E-state index in [-0.39, 0.29) is 24.4 Å². The molecule has 3 rings (SSSR count). The summed E-state index contributed by atoms with van der Waals surface area (Å²) in [5, 5.41) is 11.0. The first kappa shape index (κ1) is 27.9. The van der Waals surface area contributed by atoms with Gasteiger partial charge in [-0.05, 0) is 30.7 Å². The summed E-state index contributed by atoms with van der Waals surface area (Å²) < 4.78 is 33.3. The fourth-order valence-corrected chi connectivity index (χ4v) is 5.89. The highest BCUT2D eigenvalue weighted by molar-refractivity contribution is 7.99. The van der Waals surface area contributed by atoms with Gasteiger partial charge in [0.25, 0.3) is 0 Å². The molecule has 2 saturated carbocycles. The molecular weight excluding hydrogens is 497 g/mol. The van der Waals surface area contributed by atoms with Crippen LogP contribution in [0.4, 0.5) is 4.39 Å². The molecule has 2 fully saturated rings. The SMILES string of the molecule is CCC(=O)OCOC(=O)[C@H]1[C@@H]2[C@H](O)[C@@H](CSc3ccc(F)c(C)c3)[C@@](N)(C(=O)OCOC(=O)CC)[C@H]12. The Morgan fingerprint density at radius 2 is 1.67 bits per heavy atom. The van der Waals surface area contributed by atoms with Gasteiger partial charge < -0.3 is 29.8 Å². The van der Waals surface area contributed by atoms with Crippen molar-refractivity contribution in [1.29, 1.82) is 0 Å². The molecule has 0 saturated heterocycles. The monoisotopic (exact) mass is 527 g/mol. The molecule has 198 valence electrons. The first-order chi connectivity index (χ1) is 17.1. The minimum Gasteiger partial charge on any atom is -0.428 e. The van der Waals surface area contributed by atoms with Gasteiger partial charge in [0.2, 0.25) is 13.6 Å². The van der Waals surface area contributed by atoms with Gasteiger partial charge in [-0.15, -0.1) is 11.8 Å². The van der Waals surface area contributed by atoms with Crippen molar-refractivity contribution in [1.82, 2.24) is 0 Å². The van der Waals surface area contributed by atoms with Gasteiger partial charge in [0.1, 0.15) is 11.4 Å². The zero-order valence-electron chi connectivity index (χ0n) is 20.2. The lowest BCUT2D eigenvalue weighted by atomic mass is 9.81. The second kappa shape index (κ2) is 11.6. The highest BCUT2D eigenvalue weighted by Crippen LogP contribution is 2.64. The number of carbonyl (C=O) groups is 4. The van der Waals surface area contributed by atoms with E-state index in [1.807, 2.05) is 0 Å². The number of hydrogen-bond donors (Lipinski definition) is 2. The molecule has 2 aliphatic carbocycles. The Balaban J connectivity index is 1.74. The Kier molecular flexibility index (Phi) is 8.96. The lowest BCUT2D eigenvalue weighted by Gasteiger charge is -2.34. The van der Waals surface area contributed by atoms with E-state index < -0.39 is 72.8 Å². The molecule has 0 radical (unpaired) electrons. The summed E-state index contributed by atoms with van der Waals surface area (Å²) in [6.45, 7) is 3.54. The van der Waals surface area contributed by atoms with E-state index in [0.29, 0.717) is 10.5 Å². The molecule has 1 aromatic carbocycles. The minimum absolute atomic E-state index is 0.0849. The number of fused-ring (bicyclic) bond motifs is 1. The van der Waals surface area contributed by atoms with Gasteiger partial charge in [0.05, 0.1) is 12.0 Å². The lowest BCUT2D eigenvalue weighted by molar-refractivity contribution is -0.173. The van der Waals surface area contributed by atoms with Crippen LogP contribution >= 0.6 is 11.8 Å². The molecule has 10 nitrogen and oxygen atoms in total. The largest absolute Gasteiger partial charge is 0.428 e. The van der Waals surface area contributed by atoms with Gasteiger partial charge in [-0.2, -0.15) is 0 Å². The minimum atomic E-state index is -1.78. The molecule has 3 N–H and O–H groups in total. The van der Waals surface area contributed by atoms with Crippen LogP contribution < -0.4 is 5.73 Å². The first-order valence-electron chi connectivity index (χ1n) is 11.6. The molecular formula is C24H30FNO9S. The Labute approximate surface area is 212 Å². The average molecular weight is 528 g/mol. The number of aliphatic hydroxyl groups is 1. The van der Waals surface area contributed by atoms with Crippen LogP contribution in [0, 0.1) is 36.4 Å². The van der Waals surface area contributed by atoms with Crippen LogP contribution in [0.15, 0.2) is 23.1 Å². The number of thioether (sulfide) groups is 1. The predicted molar refractivity (Wildman–Crippen MR) is 123 cm³/mol. The molecule has 0 amide bonds. The predicted octanol–water partition coefficient (Wildman–Crippen LogP) is 1.68. The fourth-order valence-electron chi connectivity index (χ4n) is 4.62. The molecule has 0 spiro atoms. The van der Waals surface area contributed by atoms with Crippen LogP contribution in [-0.2, 0) is 38.1 Å². The van der Waals surface area contributed by atoms with Gasteiger partial charge >= 0.3 is 23.9 Å². The van der Waals surface area contributed by atoms with Gasteiger partial charge in [0, 0.05) is 41.2 Å². The van der Waals surface area contributed by atoms with E-state index in [0.717, 1.165) is 0 Å². The van der Waals surface area contributed by atoms with E-state index in [9.17, 15) is 28.7 Å². The van der Waals surface area contributed by atoms with Crippen LogP contribution in [0.2, 0.25) is 0 Å². The van der Waals surface area contributed by atoms with Crippen LogP contribution in [0.3, 0.4) is 0 Å². The fraction of sp³-hybridized carbons (Fsp3) is 0.583. The molecule has 0 bridgehead atoms. The number of ether oxygens (including phenoxy) is 4. The van der Waals surface area contributed by atoms with Crippen molar-refractivity contribution in [2.24, 2.45) is 29.4 Å². The zero-order chi connectivity index (χ0) is 26.6. The molecule has 0 unspecified atom stereocenters. The quantitative estimate of drug-likeness (QED) is 0.246. The van der Waals surface area contributed by atoms with E-state index in [2.05, 4.69) is 0 Å². The third kappa shape index (κ3) is 5.65. The maximum absolute atomic E-state index is 13.6. The van der Waals surface area contributed by atoms with E-state index >= 15 is 0 Å². The van der Waals surface area contributed by atoms with Gasteiger partial charge in [-0.25, -0.2) is 9.18 Å². The van der Waals surface area contributed by atoms with Crippen molar-refractivity contribution < 1.29 is 47.6 Å². The van der Waals surface area contributed by atoms with Crippen molar-refractivity contribution in [3.63, 3.8) is 0 Å². The number of carbonyl (C=O) groups excluding carboxylic acids is 4. The number of halogens is 1. The topological polar surface area (TPSA) is 151 Å². The van der Waals surface area contributed by atoms with Gasteiger partial charge in [-0.3, -0.25) is 14.4 Å². The maximum atomic E-state index is 13.6. The zero-order valence-corrected chi connectivity index (χ0v) is 21.0. The number of aliphatic hydroxyl groups excluding tert-OH is 1. The number of hydrogen-bond acceptors (Lipinski definition) is 11. The van der Waals surface area contributed by atoms with Crippen molar-refractivity contribution >= 4 is 35.6 Å². The Bertz CT molecular complexity index is 1020. The molecule has 0 aliphatic heterocycles. The highest BCUT2D eigenvalue weighted by atomic mass is 32.2. The number of benzene rings is 1. The van der Waals surface area contributed by atoms with Gasteiger partial charge in [0.15, 0.2) is 0 Å². The van der Waals surface area contributed by atoms with Crippen LogP contribution in [0.5, 0.6) is 0 Å². The van der Waals surface area contributed by atoms with Crippen molar-refractivity contribution in [2.45, 2.75) is 50.2 Å². The number of aryl methyl sites for hydroxylation is 1. The Hall–Kier alpha value is -2.70. The summed E-state index contributed by atoms with van der Waals surface area (Å²) in [6, 6.07) is 4.54. The lowest BCUT2D eigenvalue weighted by Crippen LogP contribution is -2.59. The summed E-state index contributed by atoms with van der Waals surface area (Å²) in [7, 11) is 0. The van der Waals surface area contributed by atoms with Crippen molar-refractivity contribution in [3.8, 4) is 0 Å². The molecule has 1 aromatic rings.